The maximum absolute atomic E-state index is 12.1. The van der Waals surface area contributed by atoms with Gasteiger partial charge in [0, 0.05) is 27.8 Å². The Hall–Kier alpha value is -2.11. The molecule has 0 bridgehead atoms. The van der Waals surface area contributed by atoms with E-state index in [-0.39, 0.29) is 11.8 Å². The van der Waals surface area contributed by atoms with Crippen molar-refractivity contribution in [2.45, 2.75) is 18.9 Å². The van der Waals surface area contributed by atoms with Gasteiger partial charge in [-0.05, 0) is 23.1 Å². The Labute approximate surface area is 142 Å². The first kappa shape index (κ1) is 14.5. The van der Waals surface area contributed by atoms with Crippen LogP contribution in [0.25, 0.3) is 0 Å². The van der Waals surface area contributed by atoms with Crippen molar-refractivity contribution in [3.8, 4) is 0 Å². The van der Waals surface area contributed by atoms with Crippen molar-refractivity contribution >= 4 is 34.7 Å². The molecule has 4 rings (SSSR count). The highest BCUT2D eigenvalue weighted by atomic mass is 35.5. The first-order valence-corrected chi connectivity index (χ1v) is 8.60. The molecule has 1 aromatic carbocycles. The van der Waals surface area contributed by atoms with Crippen molar-refractivity contribution in [1.29, 1.82) is 0 Å². The summed E-state index contributed by atoms with van der Waals surface area (Å²) in [7, 11) is 0. The first-order chi connectivity index (χ1) is 11.2. The zero-order valence-corrected chi connectivity index (χ0v) is 13.8. The third-order valence-electron chi connectivity index (χ3n) is 4.06. The molecule has 0 spiro atoms. The Morgan fingerprint density at radius 2 is 2.17 bits per heavy atom. The van der Waals surface area contributed by atoms with Crippen molar-refractivity contribution in [2.75, 3.05) is 5.32 Å². The Bertz CT molecular complexity index is 857. The highest BCUT2D eigenvalue weighted by molar-refractivity contribution is 7.10. The molecule has 1 aliphatic rings. The molecule has 1 aliphatic heterocycles. The minimum absolute atomic E-state index is 0.0248. The first-order valence-electron chi connectivity index (χ1n) is 7.35. The van der Waals surface area contributed by atoms with Crippen LogP contribution >= 0.6 is 22.9 Å². The van der Waals surface area contributed by atoms with Crippen molar-refractivity contribution in [2.24, 2.45) is 0 Å². The number of anilines is 1. The lowest BCUT2D eigenvalue weighted by Gasteiger charge is -2.22. The van der Waals surface area contributed by atoms with Crippen LogP contribution in [0.1, 0.15) is 28.3 Å². The predicted molar refractivity (Wildman–Crippen MR) is 92.2 cm³/mol. The summed E-state index contributed by atoms with van der Waals surface area (Å²) in [5.41, 5.74) is 2.05. The standard InChI is InChI=1S/C17H14ClN3OS/c18-14-5-2-1-4-11(14)10-21-17-13(9-19-21)12(8-16(22)20-17)15-6-3-7-23-15/h1-7,9,12H,8,10H2,(H,20,22)/t12-/m0/s1. The molecular formula is C17H14ClN3OS. The molecule has 3 aromatic rings. The quantitative estimate of drug-likeness (QED) is 0.777. The number of carbonyl (C=O) groups excluding carboxylic acids is 1. The molecule has 116 valence electrons. The van der Waals surface area contributed by atoms with Crippen LogP contribution in [-0.4, -0.2) is 15.7 Å². The third-order valence-corrected chi connectivity index (χ3v) is 5.41. The lowest BCUT2D eigenvalue weighted by atomic mass is 9.93. The number of benzene rings is 1. The van der Waals surface area contributed by atoms with Crippen LogP contribution in [0.4, 0.5) is 5.82 Å². The molecule has 0 fully saturated rings. The molecular weight excluding hydrogens is 330 g/mol. The molecule has 4 nitrogen and oxygen atoms in total. The minimum atomic E-state index is 0.0248. The summed E-state index contributed by atoms with van der Waals surface area (Å²) in [6, 6.07) is 11.8. The molecule has 0 saturated carbocycles. The number of aromatic nitrogens is 2. The van der Waals surface area contributed by atoms with Gasteiger partial charge in [-0.15, -0.1) is 11.3 Å². The number of carbonyl (C=O) groups is 1. The molecule has 0 radical (unpaired) electrons. The normalized spacial score (nSPS) is 16.9. The largest absolute Gasteiger partial charge is 0.311 e. The van der Waals surface area contributed by atoms with Crippen LogP contribution in [0.3, 0.4) is 0 Å². The maximum Gasteiger partial charge on any atom is 0.226 e. The van der Waals surface area contributed by atoms with Crippen LogP contribution in [0.15, 0.2) is 48.0 Å². The smallest absolute Gasteiger partial charge is 0.226 e. The summed E-state index contributed by atoms with van der Waals surface area (Å²) >= 11 is 7.91. The minimum Gasteiger partial charge on any atom is -0.311 e. The molecule has 23 heavy (non-hydrogen) atoms. The Morgan fingerprint density at radius 1 is 1.30 bits per heavy atom. The number of amides is 1. The summed E-state index contributed by atoms with van der Waals surface area (Å²) in [6.45, 7) is 0.534. The van der Waals surface area contributed by atoms with Gasteiger partial charge in [0.2, 0.25) is 5.91 Å². The third kappa shape index (κ3) is 2.66. The molecule has 2 aromatic heterocycles. The average Bonchev–Trinajstić information content (AvgIpc) is 3.19. The fraction of sp³-hybridized carbons (Fsp3) is 0.176. The second kappa shape index (κ2) is 5.83. The second-order valence-corrected chi connectivity index (χ2v) is 6.90. The van der Waals surface area contributed by atoms with Gasteiger partial charge in [0.25, 0.3) is 0 Å². The van der Waals surface area contributed by atoms with Gasteiger partial charge in [-0.25, -0.2) is 4.68 Å². The Balaban J connectivity index is 1.72. The van der Waals surface area contributed by atoms with Gasteiger partial charge >= 0.3 is 0 Å². The van der Waals surface area contributed by atoms with E-state index in [4.69, 9.17) is 11.6 Å². The summed E-state index contributed by atoms with van der Waals surface area (Å²) in [5, 5.41) is 10.2. The highest BCUT2D eigenvalue weighted by Gasteiger charge is 2.30. The van der Waals surface area contributed by atoms with Gasteiger partial charge in [0.05, 0.1) is 12.7 Å². The Morgan fingerprint density at radius 3 is 2.96 bits per heavy atom. The van der Waals surface area contributed by atoms with E-state index in [1.807, 2.05) is 46.6 Å². The fourth-order valence-corrected chi connectivity index (χ4v) is 3.96. The topological polar surface area (TPSA) is 46.9 Å². The van der Waals surface area contributed by atoms with E-state index in [9.17, 15) is 4.79 Å². The zero-order valence-electron chi connectivity index (χ0n) is 12.2. The van der Waals surface area contributed by atoms with Crippen molar-refractivity contribution < 1.29 is 4.79 Å². The summed E-state index contributed by atoms with van der Waals surface area (Å²) in [5.74, 6) is 0.884. The van der Waals surface area contributed by atoms with E-state index in [2.05, 4.69) is 16.5 Å². The number of nitrogens with zero attached hydrogens (tertiary/aromatic N) is 2. The molecule has 0 aliphatic carbocycles. The van der Waals surface area contributed by atoms with Crippen LogP contribution in [0.2, 0.25) is 5.02 Å². The number of hydrogen-bond acceptors (Lipinski definition) is 3. The van der Waals surface area contributed by atoms with E-state index < -0.39 is 0 Å². The van der Waals surface area contributed by atoms with Crippen molar-refractivity contribution in [1.82, 2.24) is 9.78 Å². The second-order valence-electron chi connectivity index (χ2n) is 5.52. The molecule has 6 heteroatoms. The molecule has 0 unspecified atom stereocenters. The molecule has 3 heterocycles. The summed E-state index contributed by atoms with van der Waals surface area (Å²) < 4.78 is 1.81. The van der Waals surface area contributed by atoms with Gasteiger partial charge in [-0.2, -0.15) is 5.10 Å². The molecule has 1 atom stereocenters. The fourth-order valence-electron chi connectivity index (χ4n) is 2.92. The van der Waals surface area contributed by atoms with Gasteiger partial charge in [0.15, 0.2) is 0 Å². The number of fused-ring (bicyclic) bond motifs is 1. The van der Waals surface area contributed by atoms with Crippen LogP contribution < -0.4 is 5.32 Å². The average molecular weight is 344 g/mol. The number of rotatable bonds is 3. The highest BCUT2D eigenvalue weighted by Crippen LogP contribution is 2.39. The van der Waals surface area contributed by atoms with E-state index in [1.165, 1.54) is 4.88 Å². The maximum atomic E-state index is 12.1. The van der Waals surface area contributed by atoms with Gasteiger partial charge in [-0.1, -0.05) is 35.9 Å². The number of nitrogens with one attached hydrogen (secondary N) is 1. The van der Waals surface area contributed by atoms with Crippen LogP contribution in [0, 0.1) is 0 Å². The van der Waals surface area contributed by atoms with Gasteiger partial charge in [0.1, 0.15) is 5.82 Å². The van der Waals surface area contributed by atoms with E-state index in [0.717, 1.165) is 16.9 Å². The number of hydrogen-bond donors (Lipinski definition) is 1. The lowest BCUT2D eigenvalue weighted by Crippen LogP contribution is -2.24. The van der Waals surface area contributed by atoms with E-state index in [1.54, 1.807) is 11.3 Å². The van der Waals surface area contributed by atoms with Crippen molar-refractivity contribution in [3.05, 3.63) is 69.0 Å². The van der Waals surface area contributed by atoms with Gasteiger partial charge < -0.3 is 5.32 Å². The molecule has 1 amide bonds. The number of thiophene rings is 1. The molecule has 1 N–H and O–H groups in total. The molecule has 0 saturated heterocycles. The van der Waals surface area contributed by atoms with Crippen LogP contribution in [-0.2, 0) is 11.3 Å². The lowest BCUT2D eigenvalue weighted by molar-refractivity contribution is -0.116. The van der Waals surface area contributed by atoms with Crippen molar-refractivity contribution in [3.63, 3.8) is 0 Å². The SMILES string of the molecule is O=C1C[C@H](c2cccs2)c2cnn(Cc3ccccc3Cl)c2N1. The number of halogens is 1. The monoisotopic (exact) mass is 343 g/mol. The summed E-state index contributed by atoms with van der Waals surface area (Å²) in [6.07, 6.45) is 2.32. The van der Waals surface area contributed by atoms with E-state index in [0.29, 0.717) is 18.0 Å². The van der Waals surface area contributed by atoms with Crippen LogP contribution in [0.5, 0.6) is 0 Å². The predicted octanol–water partition coefficient (Wildman–Crippen LogP) is 4.12. The van der Waals surface area contributed by atoms with Gasteiger partial charge in [-0.3, -0.25) is 4.79 Å². The zero-order chi connectivity index (χ0) is 15.8. The summed E-state index contributed by atoms with van der Waals surface area (Å²) in [4.78, 5) is 13.3. The van der Waals surface area contributed by atoms with E-state index >= 15 is 0 Å². The Kier molecular flexibility index (Phi) is 3.67.